The van der Waals surface area contributed by atoms with Gasteiger partial charge < -0.3 is 20.1 Å². The molecule has 0 saturated heterocycles. The summed E-state index contributed by atoms with van der Waals surface area (Å²) in [5.74, 6) is 1.28. The van der Waals surface area contributed by atoms with Gasteiger partial charge in [-0.25, -0.2) is 0 Å². The highest BCUT2D eigenvalue weighted by Gasteiger charge is 2.28. The van der Waals surface area contributed by atoms with Gasteiger partial charge in [0.05, 0.1) is 13.2 Å². The number of halogens is 4. The molecule has 0 spiro atoms. The van der Waals surface area contributed by atoms with Crippen LogP contribution in [0.1, 0.15) is 12.8 Å². The van der Waals surface area contributed by atoms with Crippen LogP contribution in [0.15, 0.2) is 29.3 Å². The van der Waals surface area contributed by atoms with Crippen molar-refractivity contribution in [2.45, 2.75) is 19.0 Å². The molecule has 28 heavy (non-hydrogen) atoms. The van der Waals surface area contributed by atoms with Crippen LogP contribution in [0.4, 0.5) is 18.9 Å². The molecule has 10 heteroatoms. The number of benzene rings is 1. The molecule has 1 rings (SSSR count). The maximum atomic E-state index is 12.3. The summed E-state index contributed by atoms with van der Waals surface area (Å²) in [5, 5.41) is 6.23. The summed E-state index contributed by atoms with van der Waals surface area (Å²) in [6.07, 6.45) is -2.80. The van der Waals surface area contributed by atoms with Crippen molar-refractivity contribution < 1.29 is 22.6 Å². The van der Waals surface area contributed by atoms with E-state index in [9.17, 15) is 13.2 Å². The van der Waals surface area contributed by atoms with E-state index in [0.717, 1.165) is 17.9 Å². The monoisotopic (exact) mass is 518 g/mol. The van der Waals surface area contributed by atoms with Crippen LogP contribution in [0.25, 0.3) is 0 Å². The predicted octanol–water partition coefficient (Wildman–Crippen LogP) is 3.59. The minimum absolute atomic E-state index is 0. The van der Waals surface area contributed by atoms with Crippen molar-refractivity contribution in [3.8, 4) is 5.75 Å². The molecule has 2 N–H and O–H groups in total. The van der Waals surface area contributed by atoms with Crippen LogP contribution in [0.5, 0.6) is 5.75 Å². The van der Waals surface area contributed by atoms with Gasteiger partial charge in [-0.05, 0) is 32.1 Å². The number of methoxy groups -OCH3 is 1. The molecule has 0 amide bonds. The Morgan fingerprint density at radius 3 is 2.61 bits per heavy atom. The Morgan fingerprint density at radius 2 is 1.96 bits per heavy atom. The Morgan fingerprint density at radius 1 is 1.21 bits per heavy atom. The van der Waals surface area contributed by atoms with E-state index in [4.69, 9.17) is 9.47 Å². The van der Waals surface area contributed by atoms with Gasteiger partial charge in [-0.15, -0.1) is 24.0 Å². The molecule has 0 atom stereocenters. The van der Waals surface area contributed by atoms with Crippen LogP contribution >= 0.6 is 24.0 Å². The van der Waals surface area contributed by atoms with E-state index in [1.807, 2.05) is 24.3 Å². The lowest BCUT2D eigenvalue weighted by Gasteiger charge is -2.19. The number of rotatable bonds is 11. The first-order valence-electron chi connectivity index (χ1n) is 8.79. The van der Waals surface area contributed by atoms with Gasteiger partial charge >= 0.3 is 6.18 Å². The van der Waals surface area contributed by atoms with Crippen molar-refractivity contribution in [2.24, 2.45) is 4.99 Å². The number of nitrogens with zero attached hydrogens (tertiary/aromatic N) is 2. The number of nitrogens with one attached hydrogen (secondary N) is 2. The van der Waals surface area contributed by atoms with E-state index >= 15 is 0 Å². The first kappa shape index (κ1) is 26.7. The molecule has 0 bridgehead atoms. The average molecular weight is 518 g/mol. The number of hydrogen-bond acceptors (Lipinski definition) is 4. The molecular weight excluding hydrogens is 488 g/mol. The van der Waals surface area contributed by atoms with Gasteiger partial charge in [-0.3, -0.25) is 9.89 Å². The van der Waals surface area contributed by atoms with Gasteiger partial charge in [0, 0.05) is 45.5 Å². The molecule has 162 valence electrons. The van der Waals surface area contributed by atoms with Crippen molar-refractivity contribution in [1.29, 1.82) is 0 Å². The number of alkyl halides is 3. The summed E-state index contributed by atoms with van der Waals surface area (Å²) < 4.78 is 47.5. The first-order chi connectivity index (χ1) is 12.8. The Bertz CT molecular complexity index is 574. The number of ether oxygens (including phenoxy) is 2. The highest BCUT2D eigenvalue weighted by Crippen LogP contribution is 2.17. The third kappa shape index (κ3) is 13.0. The fraction of sp³-hybridized carbons (Fsp3) is 0.611. The summed E-state index contributed by atoms with van der Waals surface area (Å²) in [6.45, 7) is 1.16. The van der Waals surface area contributed by atoms with Crippen molar-refractivity contribution >= 4 is 35.6 Å². The first-order valence-corrected chi connectivity index (χ1v) is 8.79. The molecule has 0 fully saturated rings. The largest absolute Gasteiger partial charge is 0.493 e. The fourth-order valence-electron chi connectivity index (χ4n) is 2.31. The number of aliphatic imine (C=N–C) groups is 1. The average Bonchev–Trinajstić information content (AvgIpc) is 2.60. The molecule has 1 aromatic carbocycles. The van der Waals surface area contributed by atoms with Crippen molar-refractivity contribution in [1.82, 2.24) is 10.2 Å². The lowest BCUT2D eigenvalue weighted by molar-refractivity contribution is -0.143. The number of hydrogen-bond donors (Lipinski definition) is 2. The number of guanidine groups is 1. The topological polar surface area (TPSA) is 58.1 Å². The predicted molar refractivity (Wildman–Crippen MR) is 117 cm³/mol. The molecule has 0 unspecified atom stereocenters. The Hall–Kier alpha value is -1.27. The smallest absolute Gasteiger partial charge is 0.401 e. The summed E-state index contributed by atoms with van der Waals surface area (Å²) in [6, 6.07) is 7.47. The zero-order valence-electron chi connectivity index (χ0n) is 16.5. The highest BCUT2D eigenvalue weighted by atomic mass is 127. The van der Waals surface area contributed by atoms with E-state index < -0.39 is 12.7 Å². The molecule has 0 aromatic heterocycles. The van der Waals surface area contributed by atoms with E-state index in [1.165, 1.54) is 11.9 Å². The van der Waals surface area contributed by atoms with Crippen LogP contribution in [0, 0.1) is 0 Å². The van der Waals surface area contributed by atoms with Crippen LogP contribution in [0.2, 0.25) is 0 Å². The summed E-state index contributed by atoms with van der Waals surface area (Å²) >= 11 is 0. The van der Waals surface area contributed by atoms with E-state index in [1.54, 1.807) is 14.2 Å². The maximum Gasteiger partial charge on any atom is 0.401 e. The molecular formula is C18H30F3IN4O2. The Kier molecular flexibility index (Phi) is 14.0. The normalized spacial score (nSPS) is 11.9. The minimum atomic E-state index is -4.17. The van der Waals surface area contributed by atoms with Gasteiger partial charge in [0.15, 0.2) is 5.96 Å². The van der Waals surface area contributed by atoms with Crippen molar-refractivity contribution in [2.75, 3.05) is 59.4 Å². The van der Waals surface area contributed by atoms with Crippen LogP contribution in [-0.2, 0) is 4.74 Å². The van der Waals surface area contributed by atoms with Gasteiger partial charge in [-0.2, -0.15) is 13.2 Å². The number of anilines is 1. The summed E-state index contributed by atoms with van der Waals surface area (Å²) in [5.41, 5.74) is 0.807. The van der Waals surface area contributed by atoms with Crippen molar-refractivity contribution in [3.63, 3.8) is 0 Å². The highest BCUT2D eigenvalue weighted by molar-refractivity contribution is 14.0. The Labute approximate surface area is 181 Å². The standard InChI is InChI=1S/C18H29F3N4O2.HI/c1-22-17(23-9-5-10-25(2)14-18(19,20)21)24-15-7-4-8-16(13-15)27-12-6-11-26-3;/h4,7-8,13H,5-6,9-12,14H2,1-3H3,(H2,22,23,24);1H. The molecule has 0 heterocycles. The van der Waals surface area contributed by atoms with Crippen LogP contribution < -0.4 is 15.4 Å². The van der Waals surface area contributed by atoms with Crippen LogP contribution in [0.3, 0.4) is 0 Å². The minimum Gasteiger partial charge on any atom is -0.493 e. The zero-order chi connectivity index (χ0) is 20.1. The van der Waals surface area contributed by atoms with Gasteiger partial charge in [0.25, 0.3) is 0 Å². The van der Waals surface area contributed by atoms with Crippen molar-refractivity contribution in [3.05, 3.63) is 24.3 Å². The zero-order valence-corrected chi connectivity index (χ0v) is 18.8. The second kappa shape index (κ2) is 14.7. The third-order valence-corrected chi connectivity index (χ3v) is 3.54. The lowest BCUT2D eigenvalue weighted by Crippen LogP contribution is -2.35. The maximum absolute atomic E-state index is 12.3. The van der Waals surface area contributed by atoms with E-state index in [-0.39, 0.29) is 24.0 Å². The third-order valence-electron chi connectivity index (χ3n) is 3.54. The van der Waals surface area contributed by atoms with E-state index in [0.29, 0.717) is 38.7 Å². The molecule has 0 saturated carbocycles. The summed E-state index contributed by atoms with van der Waals surface area (Å²) in [7, 11) is 4.74. The Balaban J connectivity index is 0.00000729. The molecule has 0 aliphatic carbocycles. The van der Waals surface area contributed by atoms with Gasteiger partial charge in [0.1, 0.15) is 5.75 Å². The SMILES string of the molecule is CN=C(NCCCN(C)CC(F)(F)F)Nc1cccc(OCCCOC)c1.I. The quantitative estimate of drug-likeness (QED) is 0.203. The second-order valence-electron chi connectivity index (χ2n) is 6.05. The second-order valence-corrected chi connectivity index (χ2v) is 6.05. The molecule has 0 aliphatic heterocycles. The summed E-state index contributed by atoms with van der Waals surface area (Å²) in [4.78, 5) is 5.37. The van der Waals surface area contributed by atoms with E-state index in [2.05, 4.69) is 15.6 Å². The van der Waals surface area contributed by atoms with Crippen LogP contribution in [-0.4, -0.2) is 71.1 Å². The van der Waals surface area contributed by atoms with Gasteiger partial charge in [-0.1, -0.05) is 6.07 Å². The molecule has 0 radical (unpaired) electrons. The fourth-order valence-corrected chi connectivity index (χ4v) is 2.31. The lowest BCUT2D eigenvalue weighted by atomic mass is 10.3. The molecule has 6 nitrogen and oxygen atoms in total. The van der Waals surface area contributed by atoms with Gasteiger partial charge in [0.2, 0.25) is 0 Å². The molecule has 0 aliphatic rings. The molecule has 1 aromatic rings.